The molecule has 0 bridgehead atoms. The second-order valence-corrected chi connectivity index (χ2v) is 7.73. The Morgan fingerprint density at radius 2 is 1.66 bits per heavy atom. The Morgan fingerprint density at radius 1 is 0.966 bits per heavy atom. The lowest BCUT2D eigenvalue weighted by molar-refractivity contribution is 0.101. The van der Waals surface area contributed by atoms with Crippen LogP contribution in [-0.4, -0.2) is 5.78 Å². The molecular formula is C24H18Cl2O3. The van der Waals surface area contributed by atoms with E-state index in [1.807, 2.05) is 38.1 Å². The van der Waals surface area contributed by atoms with Crippen LogP contribution in [0.15, 0.2) is 60.4 Å². The van der Waals surface area contributed by atoms with E-state index in [9.17, 15) is 4.79 Å². The highest BCUT2D eigenvalue weighted by molar-refractivity contribution is 6.37. The number of aryl methyl sites for hydroxylation is 1. The van der Waals surface area contributed by atoms with Crippen LogP contribution in [0.1, 0.15) is 32.6 Å². The van der Waals surface area contributed by atoms with Gasteiger partial charge in [-0.2, -0.15) is 0 Å². The second kappa shape index (κ2) is 7.94. The van der Waals surface area contributed by atoms with Gasteiger partial charge in [0.1, 0.15) is 18.1 Å². The van der Waals surface area contributed by atoms with Crippen LogP contribution < -0.4 is 9.47 Å². The van der Waals surface area contributed by atoms with Crippen molar-refractivity contribution in [3.8, 4) is 11.5 Å². The van der Waals surface area contributed by atoms with Gasteiger partial charge in [-0.1, -0.05) is 59.1 Å². The minimum Gasteiger partial charge on any atom is -0.488 e. The van der Waals surface area contributed by atoms with Crippen LogP contribution in [0.5, 0.6) is 11.5 Å². The average molecular weight is 425 g/mol. The number of carbonyl (C=O) groups excluding carboxylic acids is 1. The highest BCUT2D eigenvalue weighted by Gasteiger charge is 2.30. The van der Waals surface area contributed by atoms with E-state index in [4.69, 9.17) is 32.7 Å². The Bertz CT molecular complexity index is 1110. The van der Waals surface area contributed by atoms with Crippen LogP contribution in [0.25, 0.3) is 6.08 Å². The van der Waals surface area contributed by atoms with Gasteiger partial charge in [0.15, 0.2) is 5.76 Å². The molecule has 0 unspecified atom stereocenters. The predicted molar refractivity (Wildman–Crippen MR) is 116 cm³/mol. The van der Waals surface area contributed by atoms with Gasteiger partial charge in [-0.05, 0) is 49.8 Å². The van der Waals surface area contributed by atoms with Crippen LogP contribution in [0, 0.1) is 13.8 Å². The van der Waals surface area contributed by atoms with Crippen molar-refractivity contribution < 1.29 is 14.3 Å². The third-order valence-electron chi connectivity index (χ3n) is 4.83. The van der Waals surface area contributed by atoms with E-state index in [1.165, 1.54) is 5.56 Å². The summed E-state index contributed by atoms with van der Waals surface area (Å²) in [6.07, 6.45) is 1.58. The Balaban J connectivity index is 1.60. The molecule has 0 spiro atoms. The number of carbonyl (C=O) groups is 1. The van der Waals surface area contributed by atoms with Crippen LogP contribution >= 0.6 is 23.2 Å². The first-order chi connectivity index (χ1) is 13.9. The first kappa shape index (κ1) is 19.6. The monoisotopic (exact) mass is 424 g/mol. The third kappa shape index (κ3) is 3.89. The summed E-state index contributed by atoms with van der Waals surface area (Å²) < 4.78 is 11.8. The van der Waals surface area contributed by atoms with Crippen molar-refractivity contribution in [1.82, 2.24) is 0 Å². The SMILES string of the molecule is Cc1ccc(COc2ccc3c(c2C)O/C(=C\c2c(Cl)cccc2Cl)C3=O)cc1. The van der Waals surface area contributed by atoms with Crippen molar-refractivity contribution in [3.63, 3.8) is 0 Å². The number of ketones is 1. The quantitative estimate of drug-likeness (QED) is 0.431. The fourth-order valence-electron chi connectivity index (χ4n) is 3.15. The van der Waals surface area contributed by atoms with Crippen molar-refractivity contribution in [2.75, 3.05) is 0 Å². The number of hydrogen-bond acceptors (Lipinski definition) is 3. The Morgan fingerprint density at radius 3 is 2.34 bits per heavy atom. The van der Waals surface area contributed by atoms with Gasteiger partial charge in [-0.3, -0.25) is 4.79 Å². The molecule has 0 aromatic heterocycles. The van der Waals surface area contributed by atoms with E-state index in [-0.39, 0.29) is 11.5 Å². The minimum atomic E-state index is -0.204. The number of halogens is 2. The molecule has 3 nitrogen and oxygen atoms in total. The van der Waals surface area contributed by atoms with Gasteiger partial charge in [-0.25, -0.2) is 0 Å². The van der Waals surface area contributed by atoms with Gasteiger partial charge in [0.05, 0.1) is 5.56 Å². The first-order valence-electron chi connectivity index (χ1n) is 9.14. The molecule has 0 saturated carbocycles. The molecule has 0 fully saturated rings. The Labute approximate surface area is 179 Å². The summed E-state index contributed by atoms with van der Waals surface area (Å²) in [7, 11) is 0. The normalized spacial score (nSPS) is 14.1. The highest BCUT2D eigenvalue weighted by Crippen LogP contribution is 2.40. The number of benzene rings is 3. The molecule has 0 N–H and O–H groups in total. The number of hydrogen-bond donors (Lipinski definition) is 0. The van der Waals surface area contributed by atoms with Gasteiger partial charge in [-0.15, -0.1) is 0 Å². The van der Waals surface area contributed by atoms with Crippen LogP contribution in [-0.2, 0) is 6.61 Å². The lowest BCUT2D eigenvalue weighted by Crippen LogP contribution is -1.98. The molecule has 1 aliphatic heterocycles. The molecule has 29 heavy (non-hydrogen) atoms. The van der Waals surface area contributed by atoms with E-state index in [2.05, 4.69) is 0 Å². The number of fused-ring (bicyclic) bond motifs is 1. The van der Waals surface area contributed by atoms with Crippen molar-refractivity contribution in [2.24, 2.45) is 0 Å². The maximum Gasteiger partial charge on any atom is 0.231 e. The summed E-state index contributed by atoms with van der Waals surface area (Å²) >= 11 is 12.4. The van der Waals surface area contributed by atoms with Crippen LogP contribution in [0.2, 0.25) is 10.0 Å². The Kier molecular flexibility index (Phi) is 5.35. The topological polar surface area (TPSA) is 35.5 Å². The molecule has 3 aromatic rings. The first-order valence-corrected chi connectivity index (χ1v) is 9.90. The summed E-state index contributed by atoms with van der Waals surface area (Å²) in [5, 5.41) is 0.910. The van der Waals surface area contributed by atoms with Gasteiger partial charge in [0, 0.05) is 21.2 Å². The maximum atomic E-state index is 12.8. The van der Waals surface area contributed by atoms with Crippen molar-refractivity contribution in [2.45, 2.75) is 20.5 Å². The molecule has 0 saturated heterocycles. The van der Waals surface area contributed by atoms with E-state index in [0.29, 0.717) is 39.3 Å². The van der Waals surface area contributed by atoms with Crippen LogP contribution in [0.3, 0.4) is 0 Å². The zero-order valence-electron chi connectivity index (χ0n) is 16.0. The molecular weight excluding hydrogens is 407 g/mol. The van der Waals surface area contributed by atoms with Gasteiger partial charge in [0.25, 0.3) is 0 Å². The molecule has 1 aliphatic rings. The summed E-state index contributed by atoms with van der Waals surface area (Å²) in [5.74, 6) is 1.16. The predicted octanol–water partition coefficient (Wildman–Crippen LogP) is 6.81. The van der Waals surface area contributed by atoms with Gasteiger partial charge in [0.2, 0.25) is 5.78 Å². The molecule has 0 atom stereocenters. The molecule has 1 heterocycles. The largest absolute Gasteiger partial charge is 0.488 e. The molecule has 146 valence electrons. The summed E-state index contributed by atoms with van der Waals surface area (Å²) in [6.45, 7) is 4.36. The summed E-state index contributed by atoms with van der Waals surface area (Å²) in [4.78, 5) is 12.8. The summed E-state index contributed by atoms with van der Waals surface area (Å²) in [5.41, 5.74) is 4.10. The van der Waals surface area contributed by atoms with E-state index >= 15 is 0 Å². The highest BCUT2D eigenvalue weighted by atomic mass is 35.5. The van der Waals surface area contributed by atoms with Gasteiger partial charge < -0.3 is 9.47 Å². The Hall–Kier alpha value is -2.75. The molecule has 0 amide bonds. The van der Waals surface area contributed by atoms with E-state index in [1.54, 1.807) is 36.4 Å². The smallest absolute Gasteiger partial charge is 0.231 e. The van der Waals surface area contributed by atoms with Crippen molar-refractivity contribution in [3.05, 3.63) is 98.2 Å². The fourth-order valence-corrected chi connectivity index (χ4v) is 3.66. The molecule has 4 rings (SSSR count). The number of allylic oxidation sites excluding steroid dienone is 1. The van der Waals surface area contributed by atoms with Crippen molar-refractivity contribution in [1.29, 1.82) is 0 Å². The third-order valence-corrected chi connectivity index (χ3v) is 5.49. The molecule has 3 aromatic carbocycles. The number of Topliss-reactive ketones (excluding diaryl/α,β-unsaturated/α-hetero) is 1. The van der Waals surface area contributed by atoms with Crippen molar-refractivity contribution >= 4 is 35.1 Å². The molecule has 5 heteroatoms. The standard InChI is InChI=1S/C24H18Cl2O3/c1-14-6-8-16(9-7-14)13-28-21-11-10-17-23(27)22(29-24(17)15(21)2)12-18-19(25)4-3-5-20(18)26/h3-12H,13H2,1-2H3/b22-12-. The van der Waals surface area contributed by atoms with Crippen LogP contribution in [0.4, 0.5) is 0 Å². The zero-order valence-corrected chi connectivity index (χ0v) is 17.5. The maximum absolute atomic E-state index is 12.8. The average Bonchev–Trinajstić information content (AvgIpc) is 3.02. The number of ether oxygens (including phenoxy) is 2. The minimum absolute atomic E-state index is 0.189. The lowest BCUT2D eigenvalue weighted by Gasteiger charge is -2.11. The zero-order chi connectivity index (χ0) is 20.5. The number of rotatable bonds is 4. The van der Waals surface area contributed by atoms with Gasteiger partial charge >= 0.3 is 0 Å². The fraction of sp³-hybridized carbons (Fsp3) is 0.125. The second-order valence-electron chi connectivity index (χ2n) is 6.91. The lowest BCUT2D eigenvalue weighted by atomic mass is 10.1. The molecule has 0 radical (unpaired) electrons. The van der Waals surface area contributed by atoms with E-state index in [0.717, 1.165) is 11.1 Å². The van der Waals surface area contributed by atoms with E-state index < -0.39 is 0 Å². The molecule has 0 aliphatic carbocycles. The summed E-state index contributed by atoms with van der Waals surface area (Å²) in [6, 6.07) is 16.9.